The molecule has 2 unspecified atom stereocenters. The topological polar surface area (TPSA) is 91.8 Å². The normalized spacial score (nSPS) is 22.3. The maximum atomic E-state index is 15.0. The second-order valence-corrected chi connectivity index (χ2v) is 8.72. The molecule has 2 aliphatic carbocycles. The number of benzene rings is 2. The summed E-state index contributed by atoms with van der Waals surface area (Å²) in [6.07, 6.45) is 2.58. The molecule has 6 rings (SSSR count). The Bertz CT molecular complexity index is 1500. The zero-order valence-corrected chi connectivity index (χ0v) is 18.1. The maximum Gasteiger partial charge on any atom is 0.277 e. The molecule has 0 saturated carbocycles. The number of likely N-dealkylation sites (N-methyl/N-ethyl adjacent to an activating group) is 1. The van der Waals surface area contributed by atoms with Gasteiger partial charge in [-0.05, 0) is 46.9 Å². The molecule has 1 amide bonds. The summed E-state index contributed by atoms with van der Waals surface area (Å²) in [5, 5.41) is 12.3. The number of pyridine rings is 1. The first-order valence-electron chi connectivity index (χ1n) is 10.8. The van der Waals surface area contributed by atoms with Gasteiger partial charge in [0, 0.05) is 31.4 Å². The summed E-state index contributed by atoms with van der Waals surface area (Å²) in [7, 11) is 1.52. The number of fused-ring (bicyclic) bond motifs is 6. The number of halogens is 2. The predicted octanol–water partition coefficient (Wildman–Crippen LogP) is 2.04. The minimum atomic E-state index is -1.22. The van der Waals surface area contributed by atoms with Gasteiger partial charge in [-0.2, -0.15) is 0 Å². The van der Waals surface area contributed by atoms with E-state index in [1.165, 1.54) is 35.0 Å². The number of hydrogen-bond acceptors (Lipinski definition) is 5. The Balaban J connectivity index is 1.78. The highest BCUT2D eigenvalue weighted by Gasteiger charge is 2.58. The number of amides is 1. The maximum absolute atomic E-state index is 15.0. The zero-order chi connectivity index (χ0) is 23.9. The highest BCUT2D eigenvalue weighted by molar-refractivity contribution is 5.96. The Kier molecular flexibility index (Phi) is 4.10. The second kappa shape index (κ2) is 6.77. The highest BCUT2D eigenvalue weighted by atomic mass is 19.1. The number of nitrogens with two attached hydrogens (primary N) is 1. The number of nitrogens with zero attached hydrogens (tertiary/aromatic N) is 3. The Labute approximate surface area is 192 Å². The van der Waals surface area contributed by atoms with E-state index in [-0.39, 0.29) is 24.5 Å². The highest BCUT2D eigenvalue weighted by Crippen LogP contribution is 2.56. The summed E-state index contributed by atoms with van der Waals surface area (Å²) in [6.45, 7) is -0.0150. The third kappa shape index (κ3) is 2.27. The lowest BCUT2D eigenvalue weighted by atomic mass is 9.82. The van der Waals surface area contributed by atoms with Crippen LogP contribution in [0.25, 0.3) is 6.08 Å². The van der Waals surface area contributed by atoms with Gasteiger partial charge in [-0.3, -0.25) is 19.3 Å². The van der Waals surface area contributed by atoms with Crippen molar-refractivity contribution in [2.45, 2.75) is 18.1 Å². The quantitative estimate of drug-likeness (QED) is 0.608. The lowest BCUT2D eigenvalue weighted by molar-refractivity contribution is 0.0606. The molecule has 172 valence electrons. The van der Waals surface area contributed by atoms with E-state index in [1.54, 1.807) is 35.4 Å². The van der Waals surface area contributed by atoms with Gasteiger partial charge in [0.2, 0.25) is 5.43 Å². The van der Waals surface area contributed by atoms with Gasteiger partial charge in [0.1, 0.15) is 23.3 Å². The zero-order valence-electron chi connectivity index (χ0n) is 18.1. The Morgan fingerprint density at radius 1 is 1.09 bits per heavy atom. The van der Waals surface area contributed by atoms with Crippen LogP contribution in [0.2, 0.25) is 0 Å². The second-order valence-electron chi connectivity index (χ2n) is 8.72. The van der Waals surface area contributed by atoms with E-state index in [0.717, 1.165) is 6.07 Å². The van der Waals surface area contributed by atoms with Crippen molar-refractivity contribution < 1.29 is 18.7 Å². The molecule has 9 heteroatoms. The lowest BCUT2D eigenvalue weighted by Crippen LogP contribution is -2.69. The van der Waals surface area contributed by atoms with Gasteiger partial charge in [-0.1, -0.05) is 24.3 Å². The summed E-state index contributed by atoms with van der Waals surface area (Å²) in [5.74, 6) is -2.10. The fourth-order valence-corrected chi connectivity index (χ4v) is 5.76. The van der Waals surface area contributed by atoms with Gasteiger partial charge in [-0.25, -0.2) is 8.78 Å². The molecule has 2 aromatic carbocycles. The summed E-state index contributed by atoms with van der Waals surface area (Å²) in [5.41, 5.74) is 6.72. The van der Waals surface area contributed by atoms with Crippen molar-refractivity contribution in [2.24, 2.45) is 5.73 Å². The standard InChI is InChI=1S/C25H20F2N4O3/c1-29-21(12-28)31(30-9-8-20(32)23(33)22(30)24(29)34)25-13(10-14-16(25)4-2-6-18(14)26)11-15-17(25)5-3-7-19(15)27/h2-10,21,33H,11-12,28H2,1H3. The molecule has 0 fully saturated rings. The van der Waals surface area contributed by atoms with E-state index in [4.69, 9.17) is 5.73 Å². The molecule has 0 saturated heterocycles. The molecular weight excluding hydrogens is 442 g/mol. The van der Waals surface area contributed by atoms with Crippen molar-refractivity contribution in [1.82, 2.24) is 9.58 Å². The molecule has 2 heterocycles. The number of carbonyl (C=O) groups is 1. The van der Waals surface area contributed by atoms with E-state index in [2.05, 4.69) is 0 Å². The lowest BCUT2D eigenvalue weighted by Gasteiger charge is -2.53. The van der Waals surface area contributed by atoms with Gasteiger partial charge >= 0.3 is 0 Å². The largest absolute Gasteiger partial charge is 0.502 e. The average Bonchev–Trinajstić information content (AvgIpc) is 3.32. The van der Waals surface area contributed by atoms with Crippen LogP contribution < -0.4 is 16.2 Å². The van der Waals surface area contributed by atoms with Crippen LogP contribution in [0.5, 0.6) is 5.75 Å². The Morgan fingerprint density at radius 2 is 1.79 bits per heavy atom. The summed E-state index contributed by atoms with van der Waals surface area (Å²) in [6, 6.07) is 10.6. The molecule has 0 bridgehead atoms. The minimum absolute atomic E-state index is 0.0150. The van der Waals surface area contributed by atoms with Crippen LogP contribution in [0.3, 0.4) is 0 Å². The molecule has 3 aliphatic rings. The Morgan fingerprint density at radius 3 is 2.53 bits per heavy atom. The smallest absolute Gasteiger partial charge is 0.277 e. The fourth-order valence-electron chi connectivity index (χ4n) is 5.76. The molecule has 1 aliphatic heterocycles. The van der Waals surface area contributed by atoms with Crippen molar-refractivity contribution in [3.8, 4) is 5.75 Å². The third-order valence-electron chi connectivity index (χ3n) is 7.19. The SMILES string of the molecule is CN1C(=O)c2c(O)c(=O)ccn2N(C23C(=Cc4c(F)cccc42)Cc2c(F)cccc23)C1CN. The monoisotopic (exact) mass is 462 g/mol. The van der Waals surface area contributed by atoms with Crippen LogP contribution in [0.4, 0.5) is 8.78 Å². The minimum Gasteiger partial charge on any atom is -0.502 e. The van der Waals surface area contributed by atoms with Crippen LogP contribution in [0.15, 0.2) is 59.0 Å². The molecule has 1 aromatic heterocycles. The van der Waals surface area contributed by atoms with E-state index in [0.29, 0.717) is 27.8 Å². The molecule has 3 aromatic rings. The van der Waals surface area contributed by atoms with E-state index in [9.17, 15) is 14.7 Å². The molecule has 2 atom stereocenters. The third-order valence-corrected chi connectivity index (χ3v) is 7.19. The first-order chi connectivity index (χ1) is 16.3. The molecule has 7 nitrogen and oxygen atoms in total. The van der Waals surface area contributed by atoms with Crippen molar-refractivity contribution in [2.75, 3.05) is 18.6 Å². The fraction of sp³-hybridized carbons (Fsp3) is 0.200. The summed E-state index contributed by atoms with van der Waals surface area (Å²) >= 11 is 0. The molecule has 34 heavy (non-hydrogen) atoms. The Hall–Kier alpha value is -3.98. The van der Waals surface area contributed by atoms with Crippen LogP contribution in [-0.2, 0) is 12.0 Å². The van der Waals surface area contributed by atoms with Gasteiger partial charge in [0.25, 0.3) is 5.91 Å². The van der Waals surface area contributed by atoms with Crippen LogP contribution in [0.1, 0.15) is 32.7 Å². The molecule has 0 radical (unpaired) electrons. The van der Waals surface area contributed by atoms with Gasteiger partial charge in [-0.15, -0.1) is 0 Å². The van der Waals surface area contributed by atoms with Crippen molar-refractivity contribution >= 4 is 12.0 Å². The van der Waals surface area contributed by atoms with Gasteiger partial charge in [0.05, 0.1) is 0 Å². The first kappa shape index (κ1) is 20.6. The number of aromatic hydroxyl groups is 1. The number of rotatable bonds is 2. The van der Waals surface area contributed by atoms with Gasteiger partial charge < -0.3 is 15.7 Å². The predicted molar refractivity (Wildman–Crippen MR) is 121 cm³/mol. The van der Waals surface area contributed by atoms with E-state index in [1.807, 2.05) is 0 Å². The van der Waals surface area contributed by atoms with Crippen LogP contribution in [0, 0.1) is 11.6 Å². The summed E-state index contributed by atoms with van der Waals surface area (Å²) < 4.78 is 31.4. The van der Waals surface area contributed by atoms with Gasteiger partial charge in [0.15, 0.2) is 11.4 Å². The van der Waals surface area contributed by atoms with Crippen molar-refractivity contribution in [1.29, 1.82) is 0 Å². The van der Waals surface area contributed by atoms with Crippen LogP contribution >= 0.6 is 0 Å². The van der Waals surface area contributed by atoms with Crippen molar-refractivity contribution in [3.05, 3.63) is 104 Å². The molecular formula is C25H20F2N4O3. The van der Waals surface area contributed by atoms with E-state index >= 15 is 8.78 Å². The summed E-state index contributed by atoms with van der Waals surface area (Å²) in [4.78, 5) is 26.8. The molecule has 0 spiro atoms. The molecule has 3 N–H and O–H groups in total. The number of hydrogen-bond donors (Lipinski definition) is 2. The van der Waals surface area contributed by atoms with Crippen LogP contribution in [-0.4, -0.2) is 40.3 Å². The first-order valence-corrected chi connectivity index (χ1v) is 10.8. The van der Waals surface area contributed by atoms with E-state index < -0.39 is 34.6 Å². The van der Waals surface area contributed by atoms with Crippen molar-refractivity contribution in [3.63, 3.8) is 0 Å². The number of carbonyl (C=O) groups excluding carboxylic acids is 1. The number of aromatic nitrogens is 1. The average molecular weight is 462 g/mol.